The summed E-state index contributed by atoms with van der Waals surface area (Å²) in [4.78, 5) is 7.29. The van der Waals surface area contributed by atoms with Crippen molar-refractivity contribution in [2.75, 3.05) is 39.3 Å². The van der Waals surface area contributed by atoms with Crippen molar-refractivity contribution in [3.8, 4) is 0 Å². The summed E-state index contributed by atoms with van der Waals surface area (Å²) in [5, 5.41) is 7.04. The summed E-state index contributed by atoms with van der Waals surface area (Å²) in [5.74, 6) is 1.88. The third-order valence-electron chi connectivity index (χ3n) is 5.36. The van der Waals surface area contributed by atoms with Gasteiger partial charge in [0.15, 0.2) is 5.96 Å². The maximum Gasteiger partial charge on any atom is 0.191 e. The third-order valence-corrected chi connectivity index (χ3v) is 5.36. The van der Waals surface area contributed by atoms with E-state index in [2.05, 4.69) is 36.3 Å². The van der Waals surface area contributed by atoms with Crippen LogP contribution < -0.4 is 10.6 Å². The van der Waals surface area contributed by atoms with Gasteiger partial charge in [0.1, 0.15) is 5.76 Å². The first-order valence-electron chi connectivity index (χ1n) is 11.1. The highest BCUT2D eigenvalue weighted by Gasteiger charge is 2.14. The van der Waals surface area contributed by atoms with Crippen molar-refractivity contribution in [2.24, 2.45) is 4.99 Å². The SMILES string of the molecule is CCN(CC)CCCC(C)NC(=NCC1CCCCO1)NCCc1ccco1. The fraction of sp³-hybridized carbons (Fsp3) is 0.773. The van der Waals surface area contributed by atoms with Crippen LogP contribution in [-0.4, -0.2) is 62.3 Å². The van der Waals surface area contributed by atoms with Gasteiger partial charge in [-0.1, -0.05) is 13.8 Å². The molecule has 1 fully saturated rings. The second kappa shape index (κ2) is 13.6. The van der Waals surface area contributed by atoms with Gasteiger partial charge in [-0.05, 0) is 70.8 Å². The minimum absolute atomic E-state index is 0.260. The van der Waals surface area contributed by atoms with Crippen LogP contribution in [0.2, 0.25) is 0 Å². The largest absolute Gasteiger partial charge is 0.469 e. The number of hydrogen-bond donors (Lipinski definition) is 2. The van der Waals surface area contributed by atoms with E-state index in [0.717, 1.165) is 70.3 Å². The molecule has 0 aliphatic carbocycles. The molecular formula is C22H40N4O2. The normalized spacial score (nSPS) is 19.0. The molecule has 6 heteroatoms. The zero-order valence-electron chi connectivity index (χ0n) is 18.1. The molecule has 2 heterocycles. The van der Waals surface area contributed by atoms with Gasteiger partial charge in [0.05, 0.1) is 18.9 Å². The lowest BCUT2D eigenvalue weighted by Crippen LogP contribution is -2.44. The molecule has 0 radical (unpaired) electrons. The minimum Gasteiger partial charge on any atom is -0.469 e. The Morgan fingerprint density at radius 3 is 2.86 bits per heavy atom. The molecule has 0 aromatic carbocycles. The molecule has 1 saturated heterocycles. The number of ether oxygens (including phenoxy) is 1. The van der Waals surface area contributed by atoms with Gasteiger partial charge in [-0.15, -0.1) is 0 Å². The Labute approximate surface area is 171 Å². The van der Waals surface area contributed by atoms with Crippen LogP contribution in [0.1, 0.15) is 58.6 Å². The summed E-state index contributed by atoms with van der Waals surface area (Å²) < 4.78 is 11.3. The number of rotatable bonds is 12. The summed E-state index contributed by atoms with van der Waals surface area (Å²) in [6.07, 6.45) is 8.70. The van der Waals surface area contributed by atoms with Crippen molar-refractivity contribution in [1.82, 2.24) is 15.5 Å². The van der Waals surface area contributed by atoms with Gasteiger partial charge in [0.25, 0.3) is 0 Å². The fourth-order valence-electron chi connectivity index (χ4n) is 3.52. The van der Waals surface area contributed by atoms with Crippen molar-refractivity contribution >= 4 is 5.96 Å². The average molecular weight is 393 g/mol. The molecule has 1 aliphatic heterocycles. The van der Waals surface area contributed by atoms with Crippen molar-refractivity contribution in [2.45, 2.75) is 71.4 Å². The van der Waals surface area contributed by atoms with Gasteiger partial charge in [0.2, 0.25) is 0 Å². The first-order chi connectivity index (χ1) is 13.7. The number of nitrogens with zero attached hydrogens (tertiary/aromatic N) is 2. The molecule has 28 heavy (non-hydrogen) atoms. The Balaban J connectivity index is 1.79. The lowest BCUT2D eigenvalue weighted by molar-refractivity contribution is 0.0224. The molecule has 1 aromatic heterocycles. The van der Waals surface area contributed by atoms with E-state index in [1.54, 1.807) is 6.26 Å². The average Bonchev–Trinajstić information content (AvgIpc) is 3.23. The first kappa shape index (κ1) is 22.8. The summed E-state index contributed by atoms with van der Waals surface area (Å²) in [5.41, 5.74) is 0. The van der Waals surface area contributed by atoms with E-state index in [1.807, 2.05) is 12.1 Å². The van der Waals surface area contributed by atoms with Gasteiger partial charge in [0, 0.05) is 25.6 Å². The minimum atomic E-state index is 0.260. The molecule has 0 bridgehead atoms. The maximum atomic E-state index is 5.83. The number of guanidine groups is 1. The fourth-order valence-corrected chi connectivity index (χ4v) is 3.52. The Morgan fingerprint density at radius 1 is 1.32 bits per heavy atom. The van der Waals surface area contributed by atoms with E-state index in [4.69, 9.17) is 14.1 Å². The predicted octanol–water partition coefficient (Wildman–Crippen LogP) is 3.44. The van der Waals surface area contributed by atoms with Gasteiger partial charge < -0.3 is 24.7 Å². The summed E-state index contributed by atoms with van der Waals surface area (Å²) in [6, 6.07) is 4.33. The van der Waals surface area contributed by atoms with E-state index >= 15 is 0 Å². The molecule has 1 aliphatic rings. The smallest absolute Gasteiger partial charge is 0.191 e. The zero-order valence-corrected chi connectivity index (χ0v) is 18.1. The monoisotopic (exact) mass is 392 g/mol. The second-order valence-electron chi connectivity index (χ2n) is 7.65. The topological polar surface area (TPSA) is 62.0 Å². The van der Waals surface area contributed by atoms with E-state index in [9.17, 15) is 0 Å². The van der Waals surface area contributed by atoms with E-state index < -0.39 is 0 Å². The van der Waals surface area contributed by atoms with Crippen LogP contribution >= 0.6 is 0 Å². The van der Waals surface area contributed by atoms with Crippen molar-refractivity contribution in [3.63, 3.8) is 0 Å². The van der Waals surface area contributed by atoms with Crippen LogP contribution in [0.5, 0.6) is 0 Å². The van der Waals surface area contributed by atoms with Crippen molar-refractivity contribution in [3.05, 3.63) is 24.2 Å². The standard InChI is InChI=1S/C22H40N4O2/c1-4-26(5-2)15-8-10-19(3)25-22(23-14-13-20-12-9-17-27-20)24-18-21-11-6-7-16-28-21/h9,12,17,19,21H,4-8,10-11,13-16,18H2,1-3H3,(H2,23,24,25). The van der Waals surface area contributed by atoms with Gasteiger partial charge in [-0.25, -0.2) is 0 Å². The molecule has 2 rings (SSSR count). The Hall–Kier alpha value is -1.53. The van der Waals surface area contributed by atoms with Crippen LogP contribution in [0, 0.1) is 0 Å². The Bertz CT molecular complexity index is 523. The number of aliphatic imine (C=N–C) groups is 1. The number of hydrogen-bond acceptors (Lipinski definition) is 4. The summed E-state index contributed by atoms with van der Waals surface area (Å²) in [7, 11) is 0. The van der Waals surface area contributed by atoms with Gasteiger partial charge in [-0.2, -0.15) is 0 Å². The third kappa shape index (κ3) is 9.11. The molecule has 1 aromatic rings. The van der Waals surface area contributed by atoms with E-state index in [-0.39, 0.29) is 6.10 Å². The molecule has 6 nitrogen and oxygen atoms in total. The van der Waals surface area contributed by atoms with Crippen LogP contribution in [0.15, 0.2) is 27.8 Å². The Kier molecular flexibility index (Phi) is 11.1. The molecule has 2 N–H and O–H groups in total. The summed E-state index contributed by atoms with van der Waals surface area (Å²) in [6.45, 7) is 12.5. The second-order valence-corrected chi connectivity index (χ2v) is 7.65. The molecule has 2 unspecified atom stereocenters. The maximum absolute atomic E-state index is 5.83. The van der Waals surface area contributed by atoms with Crippen molar-refractivity contribution in [1.29, 1.82) is 0 Å². The first-order valence-corrected chi connectivity index (χ1v) is 11.1. The zero-order chi connectivity index (χ0) is 20.0. The Morgan fingerprint density at radius 2 is 2.18 bits per heavy atom. The molecule has 0 saturated carbocycles. The van der Waals surface area contributed by atoms with Crippen LogP contribution in [0.3, 0.4) is 0 Å². The van der Waals surface area contributed by atoms with E-state index in [1.165, 1.54) is 19.3 Å². The molecule has 2 atom stereocenters. The van der Waals surface area contributed by atoms with Gasteiger partial charge >= 0.3 is 0 Å². The van der Waals surface area contributed by atoms with Crippen molar-refractivity contribution < 1.29 is 9.15 Å². The highest BCUT2D eigenvalue weighted by Crippen LogP contribution is 2.12. The number of furan rings is 1. The van der Waals surface area contributed by atoms with Crippen LogP contribution in [0.25, 0.3) is 0 Å². The quantitative estimate of drug-likeness (QED) is 0.421. The van der Waals surface area contributed by atoms with Crippen LogP contribution in [-0.2, 0) is 11.2 Å². The molecule has 0 amide bonds. The van der Waals surface area contributed by atoms with E-state index in [0.29, 0.717) is 6.04 Å². The lowest BCUT2D eigenvalue weighted by atomic mass is 10.1. The summed E-state index contributed by atoms with van der Waals surface area (Å²) >= 11 is 0. The predicted molar refractivity (Wildman–Crippen MR) is 116 cm³/mol. The lowest BCUT2D eigenvalue weighted by Gasteiger charge is -2.23. The highest BCUT2D eigenvalue weighted by molar-refractivity contribution is 5.80. The molecule has 0 spiro atoms. The van der Waals surface area contributed by atoms with Gasteiger partial charge in [-0.3, -0.25) is 4.99 Å². The number of nitrogens with one attached hydrogen (secondary N) is 2. The molecule has 160 valence electrons. The highest BCUT2D eigenvalue weighted by atomic mass is 16.5. The van der Waals surface area contributed by atoms with Crippen LogP contribution in [0.4, 0.5) is 0 Å². The molecular weight excluding hydrogens is 352 g/mol.